The van der Waals surface area contributed by atoms with Crippen LogP contribution in [-0.2, 0) is 15.2 Å². The zero-order valence-electron chi connectivity index (χ0n) is 22.6. The number of nitriles is 1. The molecule has 11 heteroatoms. The second kappa shape index (κ2) is 11.3. The Bertz CT molecular complexity index is 1700. The highest BCUT2D eigenvalue weighted by atomic mass is 35.5. The number of nitrogens with zero attached hydrogens (tertiary/aromatic N) is 4. The molecule has 0 aliphatic carbocycles. The highest BCUT2D eigenvalue weighted by Crippen LogP contribution is 2.38. The van der Waals surface area contributed by atoms with Gasteiger partial charge in [-0.2, -0.15) is 5.26 Å². The van der Waals surface area contributed by atoms with E-state index in [0.717, 1.165) is 16.3 Å². The van der Waals surface area contributed by atoms with Crippen LogP contribution < -0.4 is 0 Å². The minimum absolute atomic E-state index is 0.0102. The van der Waals surface area contributed by atoms with Crippen LogP contribution in [0.1, 0.15) is 33.4 Å². The number of amides is 1. The molecule has 1 aromatic heterocycles. The highest BCUT2D eigenvalue weighted by Gasteiger charge is 2.52. The normalized spacial score (nSPS) is 20.1. The minimum atomic E-state index is -1.16. The number of halogens is 2. The summed E-state index contributed by atoms with van der Waals surface area (Å²) in [4.78, 5) is 32.1. The van der Waals surface area contributed by atoms with Gasteiger partial charge in [0.1, 0.15) is 6.17 Å². The maximum Gasteiger partial charge on any atom is 0.510 e. The number of rotatable bonds is 6. The fraction of sp³-hybridized carbons (Fsp3) is 0.258. The Morgan fingerprint density at radius 1 is 1.02 bits per heavy atom. The summed E-state index contributed by atoms with van der Waals surface area (Å²) in [7, 11) is 1.74. The van der Waals surface area contributed by atoms with Crippen LogP contribution in [0.5, 0.6) is 0 Å². The lowest BCUT2D eigenvalue weighted by molar-refractivity contribution is -0.127. The van der Waals surface area contributed by atoms with E-state index >= 15 is 0 Å². The van der Waals surface area contributed by atoms with Crippen molar-refractivity contribution in [3.05, 3.63) is 105 Å². The van der Waals surface area contributed by atoms with Gasteiger partial charge >= 0.3 is 6.16 Å². The van der Waals surface area contributed by atoms with Crippen LogP contribution in [0.2, 0.25) is 10.0 Å². The van der Waals surface area contributed by atoms with Crippen LogP contribution in [-0.4, -0.2) is 66.6 Å². The van der Waals surface area contributed by atoms with Crippen LogP contribution in [0.25, 0.3) is 10.8 Å². The molecule has 0 bridgehead atoms. The molecule has 42 heavy (non-hydrogen) atoms. The van der Waals surface area contributed by atoms with Crippen molar-refractivity contribution in [1.82, 2.24) is 14.7 Å². The summed E-state index contributed by atoms with van der Waals surface area (Å²) in [6.07, 6.45) is 0.270. The number of benzene rings is 3. The third kappa shape index (κ3) is 4.97. The molecule has 9 nitrogen and oxygen atoms in total. The van der Waals surface area contributed by atoms with Gasteiger partial charge in [0, 0.05) is 38.8 Å². The van der Waals surface area contributed by atoms with Gasteiger partial charge in [-0.25, -0.2) is 4.79 Å². The molecule has 2 unspecified atom stereocenters. The Labute approximate surface area is 252 Å². The zero-order valence-corrected chi connectivity index (χ0v) is 24.1. The number of furan rings is 1. The van der Waals surface area contributed by atoms with Crippen LogP contribution in [0.15, 0.2) is 77.4 Å². The molecule has 6 rings (SSSR count). The molecule has 0 saturated carbocycles. The first kappa shape index (κ1) is 28.1. The number of hydrogen-bond donors (Lipinski definition) is 0. The third-order valence-corrected chi connectivity index (χ3v) is 8.60. The van der Waals surface area contributed by atoms with E-state index in [1.807, 2.05) is 35.2 Å². The van der Waals surface area contributed by atoms with E-state index in [4.69, 9.17) is 37.1 Å². The summed E-state index contributed by atoms with van der Waals surface area (Å²) < 4.78 is 16.5. The van der Waals surface area contributed by atoms with Crippen molar-refractivity contribution in [3.8, 4) is 6.07 Å². The van der Waals surface area contributed by atoms with E-state index in [0.29, 0.717) is 53.1 Å². The molecule has 0 radical (unpaired) electrons. The average Bonchev–Trinajstić information content (AvgIpc) is 3.69. The number of fused-ring (bicyclic) bond motifs is 1. The first-order chi connectivity index (χ1) is 20.3. The number of carbonyl (C=O) groups is 2. The molecule has 3 aromatic carbocycles. The maximum atomic E-state index is 14.2. The van der Waals surface area contributed by atoms with Gasteiger partial charge in [0.25, 0.3) is 11.6 Å². The van der Waals surface area contributed by atoms with Gasteiger partial charge in [-0.3, -0.25) is 14.6 Å². The fourth-order valence-corrected chi connectivity index (χ4v) is 6.13. The van der Waals surface area contributed by atoms with Crippen LogP contribution in [0.4, 0.5) is 4.79 Å². The summed E-state index contributed by atoms with van der Waals surface area (Å²) in [5, 5.41) is 12.0. The van der Waals surface area contributed by atoms with Crippen LogP contribution >= 0.6 is 23.2 Å². The summed E-state index contributed by atoms with van der Waals surface area (Å²) >= 11 is 12.7. The smallest absolute Gasteiger partial charge is 0.463 e. The second-order valence-electron chi connectivity index (χ2n) is 10.2. The van der Waals surface area contributed by atoms with Crippen molar-refractivity contribution in [1.29, 1.82) is 5.26 Å². The van der Waals surface area contributed by atoms with Gasteiger partial charge in [0.15, 0.2) is 12.4 Å². The zero-order chi connectivity index (χ0) is 29.4. The minimum Gasteiger partial charge on any atom is -0.463 e. The molecule has 2 fully saturated rings. The predicted octanol–water partition coefficient (Wildman–Crippen LogP) is 6.02. The molecule has 4 aromatic rings. The van der Waals surface area contributed by atoms with Crippen molar-refractivity contribution in [3.63, 3.8) is 0 Å². The van der Waals surface area contributed by atoms with Gasteiger partial charge in [-0.1, -0.05) is 53.5 Å². The monoisotopic (exact) mass is 604 g/mol. The molecule has 214 valence electrons. The molecule has 1 amide bonds. The summed E-state index contributed by atoms with van der Waals surface area (Å²) in [5.41, 5.74) is 0.458. The Morgan fingerprint density at radius 2 is 1.81 bits per heavy atom. The topological polar surface area (TPSA) is 99.3 Å². The first-order valence-corrected chi connectivity index (χ1v) is 14.1. The number of hydrogen-bond acceptors (Lipinski definition) is 8. The Hall–Kier alpha value is -4.07. The third-order valence-electron chi connectivity index (χ3n) is 7.87. The molecule has 0 N–H and O–H groups in total. The number of ether oxygens (including phenoxy) is 2. The van der Waals surface area contributed by atoms with E-state index in [9.17, 15) is 14.9 Å². The van der Waals surface area contributed by atoms with Gasteiger partial charge in [-0.05, 0) is 52.7 Å². The van der Waals surface area contributed by atoms with Gasteiger partial charge in [0.2, 0.25) is 0 Å². The molecule has 3 heterocycles. The molecular weight excluding hydrogens is 579 g/mol. The average molecular weight is 605 g/mol. The molecule has 0 spiro atoms. The van der Waals surface area contributed by atoms with E-state index in [1.54, 1.807) is 48.3 Å². The Balaban J connectivity index is 1.33. The molecule has 2 aliphatic heterocycles. The summed E-state index contributed by atoms with van der Waals surface area (Å²) in [5.74, 6) is 0.242. The Morgan fingerprint density at radius 3 is 2.48 bits per heavy atom. The largest absolute Gasteiger partial charge is 0.510 e. The van der Waals surface area contributed by atoms with Crippen LogP contribution in [0.3, 0.4) is 0 Å². The lowest BCUT2D eigenvalue weighted by atomic mass is 9.99. The van der Waals surface area contributed by atoms with Crippen molar-refractivity contribution in [2.75, 3.05) is 39.8 Å². The first-order valence-electron chi connectivity index (χ1n) is 13.3. The van der Waals surface area contributed by atoms with Crippen molar-refractivity contribution in [2.24, 2.45) is 0 Å². The van der Waals surface area contributed by atoms with Gasteiger partial charge in [-0.15, -0.1) is 0 Å². The van der Waals surface area contributed by atoms with Gasteiger partial charge < -0.3 is 18.8 Å². The predicted molar refractivity (Wildman–Crippen MR) is 156 cm³/mol. The van der Waals surface area contributed by atoms with Crippen LogP contribution in [0, 0.1) is 11.3 Å². The SMILES string of the molecule is CN(C(=O)c1cc(C#N)cc2ccccc12)C(c1ccc(Cl)c(Cl)c1)N1CCN(C2(c3ccco3)COC(=O)O2)CC1. The number of carbonyl (C=O) groups excluding carboxylic acids is 2. The lowest BCUT2D eigenvalue weighted by Gasteiger charge is -2.46. The Kier molecular flexibility index (Phi) is 7.56. The molecule has 2 aliphatic rings. The van der Waals surface area contributed by atoms with E-state index in [2.05, 4.69) is 11.0 Å². The number of cyclic esters (lactones) is 2. The van der Waals surface area contributed by atoms with Gasteiger partial charge in [0.05, 0.1) is 27.9 Å². The standard InChI is InChI=1S/C31H26Cl2N4O5/c1-35(29(38)24-16-20(18-34)15-21-5-2-3-6-23(21)24)28(22-8-9-25(32)26(33)17-22)36-10-12-37(13-11-36)31(19-41-30(39)42-31)27-7-4-14-40-27/h2-9,14-17,28H,10-13,19H2,1H3. The summed E-state index contributed by atoms with van der Waals surface area (Å²) in [6.45, 7) is 2.02. The number of piperazine rings is 1. The lowest BCUT2D eigenvalue weighted by Crippen LogP contribution is -2.58. The molecular formula is C31H26Cl2N4O5. The quantitative estimate of drug-likeness (QED) is 0.246. The molecule has 2 saturated heterocycles. The van der Waals surface area contributed by atoms with E-state index in [-0.39, 0.29) is 12.5 Å². The van der Waals surface area contributed by atoms with E-state index in [1.165, 1.54) is 6.26 Å². The molecule has 2 atom stereocenters. The van der Waals surface area contributed by atoms with Crippen molar-refractivity contribution < 1.29 is 23.5 Å². The highest BCUT2D eigenvalue weighted by molar-refractivity contribution is 6.42. The van der Waals surface area contributed by atoms with Crippen molar-refractivity contribution in [2.45, 2.75) is 11.9 Å². The van der Waals surface area contributed by atoms with E-state index < -0.39 is 18.0 Å². The fourth-order valence-electron chi connectivity index (χ4n) is 5.82. The second-order valence-corrected chi connectivity index (χ2v) is 11.1. The van der Waals surface area contributed by atoms with Crippen molar-refractivity contribution >= 4 is 46.0 Å². The summed E-state index contributed by atoms with van der Waals surface area (Å²) in [6, 6.07) is 21.9. The maximum absolute atomic E-state index is 14.2.